The quantitative estimate of drug-likeness (QED) is 0.443. The largest absolute Gasteiger partial charge is 0.393 e. The summed E-state index contributed by atoms with van der Waals surface area (Å²) in [5.41, 5.74) is -0.708. The molecule has 2 rings (SSSR count). The van der Waals surface area contributed by atoms with Crippen LogP contribution in [0.25, 0.3) is 0 Å². The molecule has 0 bridgehead atoms. The van der Waals surface area contributed by atoms with Crippen molar-refractivity contribution in [3.05, 3.63) is 22.6 Å². The molecule has 0 spiro atoms. The van der Waals surface area contributed by atoms with Crippen molar-refractivity contribution in [2.24, 2.45) is 0 Å². The van der Waals surface area contributed by atoms with Crippen LogP contribution in [-0.4, -0.2) is 48.4 Å². The number of alkyl halides is 2. The normalized spacial score (nSPS) is 37.1. The van der Waals surface area contributed by atoms with Gasteiger partial charge in [-0.1, -0.05) is 11.6 Å². The summed E-state index contributed by atoms with van der Waals surface area (Å²) < 4.78 is 20.7. The van der Waals surface area contributed by atoms with Crippen molar-refractivity contribution in [3.63, 3.8) is 0 Å². The maximum atomic E-state index is 14.5. The van der Waals surface area contributed by atoms with Crippen LogP contribution in [0.15, 0.2) is 17.1 Å². The summed E-state index contributed by atoms with van der Waals surface area (Å²) in [5.74, 6) is -0.417. The first-order valence-electron chi connectivity index (χ1n) is 5.60. The molecule has 1 saturated heterocycles. The van der Waals surface area contributed by atoms with E-state index in [2.05, 4.69) is 4.98 Å². The molecule has 0 radical (unpaired) electrons. The van der Waals surface area contributed by atoms with E-state index in [0.717, 1.165) is 16.8 Å². The lowest BCUT2D eigenvalue weighted by Gasteiger charge is -2.25. The molecule has 0 saturated carbocycles. The molecule has 1 aromatic rings. The topological polar surface area (TPSA) is 117 Å². The Bertz CT molecular complexity index is 568. The van der Waals surface area contributed by atoms with E-state index in [1.54, 1.807) is 5.48 Å². The molecular weight excluding hydrogens is 297 g/mol. The maximum Gasteiger partial charge on any atom is 0.274 e. The van der Waals surface area contributed by atoms with Gasteiger partial charge < -0.3 is 14.9 Å². The van der Waals surface area contributed by atoms with Crippen molar-refractivity contribution in [3.8, 4) is 0 Å². The van der Waals surface area contributed by atoms with Crippen LogP contribution < -0.4 is 11.0 Å². The highest BCUT2D eigenvalue weighted by Crippen LogP contribution is 2.49. The van der Waals surface area contributed by atoms with Gasteiger partial charge in [-0.15, -0.1) is 0 Å². The molecule has 0 aliphatic carbocycles. The monoisotopic (exact) mass is 309 g/mol. The fourth-order valence-corrected chi connectivity index (χ4v) is 2.37. The zero-order valence-electron chi connectivity index (χ0n) is 10.3. The first-order valence-corrected chi connectivity index (χ1v) is 5.98. The van der Waals surface area contributed by atoms with Gasteiger partial charge in [0.2, 0.25) is 5.95 Å². The van der Waals surface area contributed by atoms with Crippen molar-refractivity contribution < 1.29 is 24.5 Å². The minimum Gasteiger partial charge on any atom is -0.393 e. The zero-order valence-corrected chi connectivity index (χ0v) is 11.1. The molecule has 10 heteroatoms. The highest BCUT2D eigenvalue weighted by atomic mass is 35.5. The lowest BCUT2D eigenvalue weighted by atomic mass is 9.99. The number of hydrogen-bond donors (Lipinski definition) is 4. The third-order valence-electron chi connectivity index (χ3n) is 3.16. The molecule has 1 fully saturated rings. The minimum absolute atomic E-state index is 0.417. The number of halogens is 2. The van der Waals surface area contributed by atoms with Crippen LogP contribution >= 0.6 is 11.6 Å². The molecule has 0 aromatic carbocycles. The molecule has 1 aliphatic rings. The number of nitrogens with one attached hydrogen (secondary N) is 1. The summed E-state index contributed by atoms with van der Waals surface area (Å²) in [6.07, 6.45) is -2.36. The van der Waals surface area contributed by atoms with Crippen LogP contribution in [0.4, 0.5) is 10.3 Å². The van der Waals surface area contributed by atoms with Crippen molar-refractivity contribution in [1.82, 2.24) is 9.55 Å². The van der Waals surface area contributed by atoms with E-state index in [1.807, 2.05) is 0 Å². The molecule has 1 aromatic heterocycles. The second-order valence-corrected chi connectivity index (χ2v) is 5.21. The predicted octanol–water partition coefficient (Wildman–Crippen LogP) is -0.410. The maximum absolute atomic E-state index is 14.5. The van der Waals surface area contributed by atoms with Crippen LogP contribution in [0.1, 0.15) is 13.2 Å². The number of aliphatic hydroxyl groups excluding tert-OH is 2. The van der Waals surface area contributed by atoms with E-state index in [1.165, 1.54) is 6.92 Å². The Labute approximate surface area is 117 Å². The Hall–Kier alpha value is -1.26. The molecule has 112 valence electrons. The summed E-state index contributed by atoms with van der Waals surface area (Å²) in [4.78, 5) is 14.5. The molecule has 8 nitrogen and oxygen atoms in total. The summed E-state index contributed by atoms with van der Waals surface area (Å²) in [7, 11) is 0. The van der Waals surface area contributed by atoms with E-state index in [0.29, 0.717) is 0 Å². The van der Waals surface area contributed by atoms with Crippen LogP contribution in [-0.2, 0) is 4.74 Å². The summed E-state index contributed by atoms with van der Waals surface area (Å²) in [6.45, 7) is 0.592. The fourth-order valence-electron chi connectivity index (χ4n) is 1.99. The Balaban J connectivity index is 2.51. The van der Waals surface area contributed by atoms with Gasteiger partial charge in [0.25, 0.3) is 10.7 Å². The van der Waals surface area contributed by atoms with Crippen molar-refractivity contribution in [2.75, 3.05) is 12.1 Å². The number of ether oxygens (including phenoxy) is 1. The summed E-state index contributed by atoms with van der Waals surface area (Å²) in [6, 6.07) is 0.998. The number of aromatic nitrogens is 2. The zero-order chi connectivity index (χ0) is 15.1. The SMILES string of the molecule is C[C@]1(CO)O[C@@H](n2ccc(=O)nc2NO)[C@@](F)(Cl)[C@@H]1O. The molecule has 0 amide bonds. The van der Waals surface area contributed by atoms with E-state index in [4.69, 9.17) is 21.5 Å². The van der Waals surface area contributed by atoms with Gasteiger partial charge in [0.15, 0.2) is 6.23 Å². The molecule has 0 unspecified atom stereocenters. The van der Waals surface area contributed by atoms with Crippen molar-refractivity contribution in [2.45, 2.75) is 30.0 Å². The highest BCUT2D eigenvalue weighted by Gasteiger charge is 2.63. The molecule has 4 N–H and O–H groups in total. The number of nitrogens with zero attached hydrogens (tertiary/aromatic N) is 2. The average molecular weight is 310 g/mol. The average Bonchev–Trinajstić information content (AvgIpc) is 2.60. The van der Waals surface area contributed by atoms with Crippen molar-refractivity contribution >= 4 is 17.5 Å². The van der Waals surface area contributed by atoms with E-state index >= 15 is 0 Å². The lowest BCUT2D eigenvalue weighted by Crippen LogP contribution is -2.46. The third kappa shape index (κ3) is 2.17. The van der Waals surface area contributed by atoms with Crippen LogP contribution in [0, 0.1) is 0 Å². The van der Waals surface area contributed by atoms with Gasteiger partial charge in [0.05, 0.1) is 6.61 Å². The van der Waals surface area contributed by atoms with E-state index in [-0.39, 0.29) is 0 Å². The molecule has 4 atom stereocenters. The first-order chi connectivity index (χ1) is 9.26. The lowest BCUT2D eigenvalue weighted by molar-refractivity contribution is -0.116. The van der Waals surface area contributed by atoms with Gasteiger partial charge in [-0.3, -0.25) is 14.6 Å². The Morgan fingerprint density at radius 3 is 2.85 bits per heavy atom. The van der Waals surface area contributed by atoms with Crippen molar-refractivity contribution in [1.29, 1.82) is 0 Å². The first kappa shape index (κ1) is 15.1. The fraction of sp³-hybridized carbons (Fsp3) is 0.600. The van der Waals surface area contributed by atoms with Gasteiger partial charge in [-0.25, -0.2) is 9.87 Å². The summed E-state index contributed by atoms with van der Waals surface area (Å²) in [5, 5.41) is 25.2. The smallest absolute Gasteiger partial charge is 0.274 e. The molecule has 2 heterocycles. The van der Waals surface area contributed by atoms with Crippen LogP contribution in [0.5, 0.6) is 0 Å². The highest BCUT2D eigenvalue weighted by molar-refractivity contribution is 6.23. The van der Waals surface area contributed by atoms with Gasteiger partial charge in [0, 0.05) is 12.3 Å². The second-order valence-electron chi connectivity index (χ2n) is 4.63. The molecule has 1 aliphatic heterocycles. The third-order valence-corrected chi connectivity index (χ3v) is 3.55. The Morgan fingerprint density at radius 1 is 1.70 bits per heavy atom. The van der Waals surface area contributed by atoms with Gasteiger partial charge in [0.1, 0.15) is 11.7 Å². The number of rotatable bonds is 3. The van der Waals surface area contributed by atoms with Gasteiger partial charge in [-0.2, -0.15) is 4.98 Å². The Kier molecular flexibility index (Phi) is 3.73. The molecule has 20 heavy (non-hydrogen) atoms. The van der Waals surface area contributed by atoms with Crippen LogP contribution in [0.3, 0.4) is 0 Å². The Morgan fingerprint density at radius 2 is 2.35 bits per heavy atom. The van der Waals surface area contributed by atoms with E-state index < -0.39 is 41.2 Å². The van der Waals surface area contributed by atoms with Gasteiger partial charge >= 0.3 is 0 Å². The number of aliphatic hydroxyl groups is 2. The molecular formula is C10H13ClFN3O5. The van der Waals surface area contributed by atoms with E-state index in [9.17, 15) is 19.4 Å². The van der Waals surface area contributed by atoms with Crippen LogP contribution in [0.2, 0.25) is 0 Å². The summed E-state index contributed by atoms with van der Waals surface area (Å²) >= 11 is 5.66. The minimum atomic E-state index is -2.79. The van der Waals surface area contributed by atoms with Gasteiger partial charge in [-0.05, 0) is 6.92 Å². The standard InChI is InChI=1S/C10H13ClFN3O5/c1-9(4-16)6(18)10(11,12)7(20-9)15-3-2-5(17)13-8(15)14-19/h2-3,6-7,16,18-19H,4H2,1H3,(H,13,14,17)/t6-,7-,9-,10-/m1/s1. The predicted molar refractivity (Wildman–Crippen MR) is 65.2 cm³/mol. The number of hydrogen-bond acceptors (Lipinski definition) is 7. The second kappa shape index (κ2) is 4.93. The number of anilines is 1.